The van der Waals surface area contributed by atoms with Gasteiger partial charge in [0.05, 0.1) is 0 Å². The Morgan fingerprint density at radius 1 is 1.33 bits per heavy atom. The predicted molar refractivity (Wildman–Crippen MR) is 71.2 cm³/mol. The number of hydrogen-bond donors (Lipinski definition) is 3. The maximum Gasteiger partial charge on any atom is 0.220 e. The molecule has 4 nitrogen and oxygen atoms in total. The molecule has 2 rings (SSSR count). The molecule has 0 aromatic carbocycles. The first-order chi connectivity index (χ1) is 8.48. The van der Waals surface area contributed by atoms with Crippen LogP contribution in [0.5, 0.6) is 0 Å². The van der Waals surface area contributed by atoms with Gasteiger partial charge in [0.25, 0.3) is 0 Å². The van der Waals surface area contributed by atoms with Crippen LogP contribution in [0.15, 0.2) is 0 Å². The van der Waals surface area contributed by atoms with Crippen LogP contribution in [0.2, 0.25) is 0 Å². The summed E-state index contributed by atoms with van der Waals surface area (Å²) < 4.78 is 0. The van der Waals surface area contributed by atoms with Crippen LogP contribution in [-0.2, 0) is 4.79 Å². The second-order valence-corrected chi connectivity index (χ2v) is 6.78. The van der Waals surface area contributed by atoms with Crippen LogP contribution >= 0.6 is 0 Å². The zero-order valence-corrected chi connectivity index (χ0v) is 11.5. The van der Waals surface area contributed by atoms with E-state index in [0.717, 1.165) is 12.8 Å². The maximum absolute atomic E-state index is 11.9. The highest BCUT2D eigenvalue weighted by atomic mass is 16.3. The molecule has 2 bridgehead atoms. The SMILES string of the molecule is CC(C)(CO)CNC(=O)CC1CC2CCC(C1)N2. The Balaban J connectivity index is 1.71. The Morgan fingerprint density at radius 2 is 1.94 bits per heavy atom. The van der Waals surface area contributed by atoms with Gasteiger partial charge in [-0.05, 0) is 31.6 Å². The topological polar surface area (TPSA) is 61.4 Å². The molecule has 2 saturated heterocycles. The van der Waals surface area contributed by atoms with E-state index in [2.05, 4.69) is 10.6 Å². The lowest BCUT2D eigenvalue weighted by Gasteiger charge is -2.29. The first-order valence-electron chi connectivity index (χ1n) is 7.12. The number of piperidine rings is 1. The molecule has 0 aromatic heterocycles. The number of fused-ring (bicyclic) bond motifs is 2. The van der Waals surface area contributed by atoms with Gasteiger partial charge in [0.1, 0.15) is 0 Å². The molecule has 2 aliphatic rings. The first-order valence-corrected chi connectivity index (χ1v) is 7.12. The molecular weight excluding hydrogens is 228 g/mol. The molecule has 2 fully saturated rings. The van der Waals surface area contributed by atoms with Crippen molar-refractivity contribution in [1.29, 1.82) is 0 Å². The number of rotatable bonds is 5. The van der Waals surface area contributed by atoms with Gasteiger partial charge in [-0.15, -0.1) is 0 Å². The zero-order chi connectivity index (χ0) is 13.2. The van der Waals surface area contributed by atoms with E-state index in [9.17, 15) is 4.79 Å². The highest BCUT2D eigenvalue weighted by Gasteiger charge is 2.34. The summed E-state index contributed by atoms with van der Waals surface area (Å²) in [6.07, 6.45) is 5.50. The van der Waals surface area contributed by atoms with Crippen LogP contribution in [0.1, 0.15) is 46.0 Å². The first kappa shape index (κ1) is 13.8. The average molecular weight is 254 g/mol. The lowest BCUT2D eigenvalue weighted by molar-refractivity contribution is -0.122. The van der Waals surface area contributed by atoms with E-state index < -0.39 is 0 Å². The summed E-state index contributed by atoms with van der Waals surface area (Å²) >= 11 is 0. The highest BCUT2D eigenvalue weighted by Crippen LogP contribution is 2.32. The van der Waals surface area contributed by atoms with E-state index in [4.69, 9.17) is 5.11 Å². The lowest BCUT2D eigenvalue weighted by atomic mass is 9.89. The normalized spacial score (nSPS) is 31.4. The van der Waals surface area contributed by atoms with Crippen molar-refractivity contribution in [2.75, 3.05) is 13.2 Å². The van der Waals surface area contributed by atoms with Crippen molar-refractivity contribution in [3.8, 4) is 0 Å². The predicted octanol–water partition coefficient (Wildman–Crippen LogP) is 1.04. The van der Waals surface area contributed by atoms with Gasteiger partial charge in [0, 0.05) is 37.1 Å². The molecule has 2 heterocycles. The van der Waals surface area contributed by atoms with Gasteiger partial charge in [-0.2, -0.15) is 0 Å². The van der Waals surface area contributed by atoms with Gasteiger partial charge >= 0.3 is 0 Å². The largest absolute Gasteiger partial charge is 0.396 e. The summed E-state index contributed by atoms with van der Waals surface area (Å²) in [7, 11) is 0. The van der Waals surface area contributed by atoms with Gasteiger partial charge in [0.15, 0.2) is 0 Å². The van der Waals surface area contributed by atoms with E-state index in [0.29, 0.717) is 31.0 Å². The van der Waals surface area contributed by atoms with Crippen molar-refractivity contribution >= 4 is 5.91 Å². The minimum Gasteiger partial charge on any atom is -0.396 e. The fourth-order valence-corrected chi connectivity index (χ4v) is 3.07. The Kier molecular flexibility index (Phi) is 4.28. The monoisotopic (exact) mass is 254 g/mol. The molecule has 0 spiro atoms. The summed E-state index contributed by atoms with van der Waals surface area (Å²) in [5.41, 5.74) is -0.219. The van der Waals surface area contributed by atoms with E-state index in [1.54, 1.807) is 0 Å². The number of amides is 1. The van der Waals surface area contributed by atoms with E-state index in [1.165, 1.54) is 12.8 Å². The molecule has 3 N–H and O–H groups in total. The van der Waals surface area contributed by atoms with Crippen LogP contribution < -0.4 is 10.6 Å². The second-order valence-electron chi connectivity index (χ2n) is 6.78. The summed E-state index contributed by atoms with van der Waals surface area (Å²) in [6, 6.07) is 1.30. The van der Waals surface area contributed by atoms with E-state index in [-0.39, 0.29) is 17.9 Å². The number of hydrogen-bond acceptors (Lipinski definition) is 3. The van der Waals surface area contributed by atoms with Gasteiger partial charge in [-0.25, -0.2) is 0 Å². The minimum atomic E-state index is -0.219. The molecule has 0 radical (unpaired) electrons. The molecule has 2 atom stereocenters. The van der Waals surface area contributed by atoms with Gasteiger partial charge in [0.2, 0.25) is 5.91 Å². The molecule has 2 aliphatic heterocycles. The Morgan fingerprint density at radius 3 is 2.50 bits per heavy atom. The van der Waals surface area contributed by atoms with Crippen molar-refractivity contribution < 1.29 is 9.90 Å². The Bertz CT molecular complexity index is 292. The van der Waals surface area contributed by atoms with Crippen LogP contribution in [-0.4, -0.2) is 36.2 Å². The van der Waals surface area contributed by atoms with Crippen molar-refractivity contribution in [1.82, 2.24) is 10.6 Å². The van der Waals surface area contributed by atoms with Crippen LogP contribution in [0.3, 0.4) is 0 Å². The quantitative estimate of drug-likeness (QED) is 0.687. The Labute approximate surface area is 110 Å². The van der Waals surface area contributed by atoms with Gasteiger partial charge in [-0.1, -0.05) is 13.8 Å². The summed E-state index contributed by atoms with van der Waals surface area (Å²) in [5, 5.41) is 15.7. The number of aliphatic hydroxyl groups excluding tert-OH is 1. The van der Waals surface area contributed by atoms with Crippen LogP contribution in [0.4, 0.5) is 0 Å². The molecule has 1 amide bonds. The number of nitrogens with one attached hydrogen (secondary N) is 2. The summed E-state index contributed by atoms with van der Waals surface area (Å²) in [4.78, 5) is 11.9. The third kappa shape index (κ3) is 3.69. The zero-order valence-electron chi connectivity index (χ0n) is 11.5. The van der Waals surface area contributed by atoms with Crippen molar-refractivity contribution in [3.63, 3.8) is 0 Å². The number of carbonyl (C=O) groups excluding carboxylic acids is 1. The molecule has 0 aromatic rings. The van der Waals surface area contributed by atoms with E-state index >= 15 is 0 Å². The third-order valence-electron chi connectivity index (χ3n) is 4.24. The molecule has 0 saturated carbocycles. The molecule has 104 valence electrons. The van der Waals surface area contributed by atoms with Crippen molar-refractivity contribution in [3.05, 3.63) is 0 Å². The minimum absolute atomic E-state index is 0.102. The summed E-state index contributed by atoms with van der Waals surface area (Å²) in [5.74, 6) is 0.684. The third-order valence-corrected chi connectivity index (χ3v) is 4.24. The second kappa shape index (κ2) is 5.57. The maximum atomic E-state index is 11.9. The average Bonchev–Trinajstić information content (AvgIpc) is 2.66. The number of carbonyl (C=O) groups is 1. The van der Waals surface area contributed by atoms with Crippen molar-refractivity contribution in [2.45, 2.75) is 58.0 Å². The molecule has 4 heteroatoms. The molecule has 18 heavy (non-hydrogen) atoms. The fourth-order valence-electron chi connectivity index (χ4n) is 3.07. The van der Waals surface area contributed by atoms with E-state index in [1.807, 2.05) is 13.8 Å². The summed E-state index contributed by atoms with van der Waals surface area (Å²) in [6.45, 7) is 4.57. The fraction of sp³-hybridized carbons (Fsp3) is 0.929. The van der Waals surface area contributed by atoms with Gasteiger partial charge < -0.3 is 15.7 Å². The Hall–Kier alpha value is -0.610. The van der Waals surface area contributed by atoms with Crippen LogP contribution in [0.25, 0.3) is 0 Å². The standard InChI is InChI=1S/C14H26N2O2/c1-14(2,9-17)8-15-13(18)7-10-5-11-3-4-12(6-10)16-11/h10-12,16-17H,3-9H2,1-2H3,(H,15,18). The highest BCUT2D eigenvalue weighted by molar-refractivity contribution is 5.76. The van der Waals surface area contributed by atoms with Crippen molar-refractivity contribution in [2.24, 2.45) is 11.3 Å². The lowest BCUT2D eigenvalue weighted by Crippen LogP contribution is -2.41. The van der Waals surface area contributed by atoms with Gasteiger partial charge in [-0.3, -0.25) is 4.79 Å². The molecule has 0 aliphatic carbocycles. The molecule has 2 unspecified atom stereocenters. The smallest absolute Gasteiger partial charge is 0.220 e. The molecular formula is C14H26N2O2. The number of aliphatic hydroxyl groups is 1. The van der Waals surface area contributed by atoms with Crippen LogP contribution in [0, 0.1) is 11.3 Å².